The highest BCUT2D eigenvalue weighted by atomic mass is 32.1. The van der Waals surface area contributed by atoms with Gasteiger partial charge in [-0.15, -0.1) is 21.5 Å². The molecule has 0 unspecified atom stereocenters. The summed E-state index contributed by atoms with van der Waals surface area (Å²) in [7, 11) is 0. The minimum absolute atomic E-state index is 0.431. The second-order valence-electron chi connectivity index (χ2n) is 6.63. The van der Waals surface area contributed by atoms with E-state index in [0.29, 0.717) is 16.9 Å². The molecule has 0 aliphatic heterocycles. The minimum atomic E-state index is -0.431. The largest absolute Gasteiger partial charge is 0.365 e. The summed E-state index contributed by atoms with van der Waals surface area (Å²) < 4.78 is 2.78. The van der Waals surface area contributed by atoms with Crippen molar-refractivity contribution < 1.29 is 4.79 Å². The van der Waals surface area contributed by atoms with Gasteiger partial charge in [-0.25, -0.2) is 0 Å². The fraction of sp³-hybridized carbons (Fsp3) is 0.0952. The summed E-state index contributed by atoms with van der Waals surface area (Å²) in [5.74, 6) is 0.356. The SMILES string of the molecule is NC(=O)c1cc2nccc(CCc3nnc4ccc(-c5ccccc5)nn34)c2s1. The smallest absolute Gasteiger partial charge is 0.258 e. The van der Waals surface area contributed by atoms with Crippen LogP contribution in [-0.4, -0.2) is 30.7 Å². The van der Waals surface area contributed by atoms with Crippen LogP contribution < -0.4 is 5.73 Å². The van der Waals surface area contributed by atoms with Crippen LogP contribution in [0.3, 0.4) is 0 Å². The van der Waals surface area contributed by atoms with E-state index in [-0.39, 0.29) is 0 Å². The number of hydrogen-bond donors (Lipinski definition) is 1. The number of amides is 1. The minimum Gasteiger partial charge on any atom is -0.365 e. The average molecular weight is 400 g/mol. The lowest BCUT2D eigenvalue weighted by Gasteiger charge is -2.04. The maximum atomic E-state index is 11.5. The van der Waals surface area contributed by atoms with Gasteiger partial charge in [0.05, 0.1) is 20.8 Å². The summed E-state index contributed by atoms with van der Waals surface area (Å²) in [4.78, 5) is 16.4. The predicted octanol–water partition coefficient (Wildman–Crippen LogP) is 3.29. The molecule has 5 aromatic rings. The lowest BCUT2D eigenvalue weighted by atomic mass is 10.1. The topological polar surface area (TPSA) is 99.1 Å². The number of hydrogen-bond acceptors (Lipinski definition) is 6. The molecule has 0 fully saturated rings. The summed E-state index contributed by atoms with van der Waals surface area (Å²) in [5, 5.41) is 13.3. The van der Waals surface area contributed by atoms with Crippen molar-refractivity contribution in [1.29, 1.82) is 0 Å². The van der Waals surface area contributed by atoms with Crippen molar-refractivity contribution in [3.8, 4) is 11.3 Å². The van der Waals surface area contributed by atoms with Crippen LogP contribution in [0.2, 0.25) is 0 Å². The van der Waals surface area contributed by atoms with Gasteiger partial charge in [-0.3, -0.25) is 9.78 Å². The third-order valence-electron chi connectivity index (χ3n) is 4.75. The number of nitrogens with two attached hydrogens (primary N) is 1. The average Bonchev–Trinajstić information content (AvgIpc) is 3.37. The summed E-state index contributed by atoms with van der Waals surface area (Å²) in [6, 6.07) is 17.6. The Bertz CT molecular complexity index is 1340. The molecule has 142 valence electrons. The lowest BCUT2D eigenvalue weighted by Crippen LogP contribution is -2.08. The summed E-state index contributed by atoms with van der Waals surface area (Å²) in [5.41, 5.74) is 9.93. The summed E-state index contributed by atoms with van der Waals surface area (Å²) >= 11 is 1.38. The van der Waals surface area contributed by atoms with Crippen LogP contribution in [0.4, 0.5) is 0 Å². The molecule has 0 bridgehead atoms. The Morgan fingerprint density at radius 2 is 1.90 bits per heavy atom. The number of aromatic nitrogens is 5. The number of rotatable bonds is 5. The van der Waals surface area contributed by atoms with E-state index in [4.69, 9.17) is 10.8 Å². The van der Waals surface area contributed by atoms with E-state index in [9.17, 15) is 4.79 Å². The molecule has 5 rings (SSSR count). The molecule has 0 aliphatic carbocycles. The number of pyridine rings is 1. The number of nitrogens with zero attached hydrogens (tertiary/aromatic N) is 5. The molecule has 0 atom stereocenters. The molecular weight excluding hydrogens is 384 g/mol. The third kappa shape index (κ3) is 3.23. The van der Waals surface area contributed by atoms with Crippen molar-refractivity contribution in [2.24, 2.45) is 5.73 Å². The summed E-state index contributed by atoms with van der Waals surface area (Å²) in [6.07, 6.45) is 3.15. The Kier molecular flexibility index (Phi) is 4.25. The predicted molar refractivity (Wildman–Crippen MR) is 112 cm³/mol. The van der Waals surface area contributed by atoms with Gasteiger partial charge in [0.15, 0.2) is 11.5 Å². The van der Waals surface area contributed by atoms with E-state index >= 15 is 0 Å². The Balaban J connectivity index is 1.47. The second-order valence-corrected chi connectivity index (χ2v) is 7.68. The number of thiophene rings is 1. The van der Waals surface area contributed by atoms with Gasteiger partial charge < -0.3 is 5.73 Å². The molecule has 0 saturated carbocycles. The van der Waals surface area contributed by atoms with Gasteiger partial charge >= 0.3 is 0 Å². The Morgan fingerprint density at radius 1 is 1.03 bits per heavy atom. The van der Waals surface area contributed by atoms with Gasteiger partial charge in [-0.2, -0.15) is 9.61 Å². The van der Waals surface area contributed by atoms with Gasteiger partial charge in [-0.05, 0) is 36.2 Å². The normalized spacial score (nSPS) is 11.3. The number of aryl methyl sites for hydroxylation is 2. The van der Waals surface area contributed by atoms with Crippen LogP contribution in [0.5, 0.6) is 0 Å². The van der Waals surface area contributed by atoms with E-state index in [2.05, 4.69) is 15.2 Å². The molecule has 29 heavy (non-hydrogen) atoms. The Hall–Kier alpha value is -3.65. The maximum Gasteiger partial charge on any atom is 0.258 e. The van der Waals surface area contributed by atoms with Crippen molar-refractivity contribution in [3.63, 3.8) is 0 Å². The van der Waals surface area contributed by atoms with Gasteiger partial charge in [0, 0.05) is 18.2 Å². The van der Waals surface area contributed by atoms with E-state index in [1.54, 1.807) is 16.8 Å². The van der Waals surface area contributed by atoms with Crippen molar-refractivity contribution >= 4 is 33.1 Å². The Labute approximate surface area is 169 Å². The molecular formula is C21H16N6OS. The number of carbonyl (C=O) groups is 1. The highest BCUT2D eigenvalue weighted by Gasteiger charge is 2.13. The standard InChI is InChI=1S/C21H16N6OS/c22-21(28)17-12-16-20(29-17)14(10-11-23-16)6-8-18-24-25-19-9-7-15(26-27(18)19)13-4-2-1-3-5-13/h1-5,7,9-12H,6,8H2,(H2,22,28). The number of fused-ring (bicyclic) bond motifs is 2. The highest BCUT2D eigenvalue weighted by Crippen LogP contribution is 2.28. The first-order valence-electron chi connectivity index (χ1n) is 9.13. The first-order valence-corrected chi connectivity index (χ1v) is 9.95. The fourth-order valence-electron chi connectivity index (χ4n) is 3.31. The Morgan fingerprint density at radius 3 is 2.72 bits per heavy atom. The molecule has 0 spiro atoms. The molecule has 1 aromatic carbocycles. The van der Waals surface area contributed by atoms with Gasteiger partial charge in [0.1, 0.15) is 0 Å². The summed E-state index contributed by atoms with van der Waals surface area (Å²) in [6.45, 7) is 0. The lowest BCUT2D eigenvalue weighted by molar-refractivity contribution is 0.100. The molecule has 8 heteroatoms. The molecule has 0 radical (unpaired) electrons. The van der Waals surface area contributed by atoms with Crippen molar-refractivity contribution in [2.45, 2.75) is 12.8 Å². The molecule has 7 nitrogen and oxygen atoms in total. The number of primary amides is 1. The maximum absolute atomic E-state index is 11.5. The van der Waals surface area contributed by atoms with Gasteiger partial charge in [-0.1, -0.05) is 30.3 Å². The number of benzene rings is 1. The van der Waals surface area contributed by atoms with E-state index in [1.807, 2.05) is 48.5 Å². The van der Waals surface area contributed by atoms with Crippen LogP contribution in [0.15, 0.2) is 60.8 Å². The molecule has 0 aliphatic rings. The van der Waals surface area contributed by atoms with E-state index in [0.717, 1.165) is 39.3 Å². The van der Waals surface area contributed by atoms with Crippen LogP contribution in [-0.2, 0) is 12.8 Å². The highest BCUT2D eigenvalue weighted by molar-refractivity contribution is 7.20. The molecule has 0 saturated heterocycles. The molecule has 4 aromatic heterocycles. The monoisotopic (exact) mass is 400 g/mol. The fourth-order valence-corrected chi connectivity index (χ4v) is 4.32. The molecule has 4 heterocycles. The third-order valence-corrected chi connectivity index (χ3v) is 5.97. The number of carbonyl (C=O) groups excluding carboxylic acids is 1. The zero-order valence-electron chi connectivity index (χ0n) is 15.3. The van der Waals surface area contributed by atoms with Crippen molar-refractivity contribution in [2.75, 3.05) is 0 Å². The van der Waals surface area contributed by atoms with Crippen LogP contribution in [0.1, 0.15) is 21.1 Å². The quantitative estimate of drug-likeness (QED) is 0.488. The van der Waals surface area contributed by atoms with Crippen LogP contribution in [0, 0.1) is 0 Å². The molecule has 2 N–H and O–H groups in total. The first kappa shape index (κ1) is 17.4. The van der Waals surface area contributed by atoms with Gasteiger partial charge in [0.2, 0.25) is 0 Å². The van der Waals surface area contributed by atoms with Crippen molar-refractivity contribution in [3.05, 3.63) is 77.1 Å². The zero-order valence-corrected chi connectivity index (χ0v) is 16.1. The van der Waals surface area contributed by atoms with Crippen molar-refractivity contribution in [1.82, 2.24) is 24.8 Å². The van der Waals surface area contributed by atoms with Gasteiger partial charge in [0.25, 0.3) is 5.91 Å². The van der Waals surface area contributed by atoms with E-state index < -0.39 is 5.91 Å². The van der Waals surface area contributed by atoms with Crippen LogP contribution in [0.25, 0.3) is 27.1 Å². The first-order chi connectivity index (χ1) is 14.2. The second kappa shape index (κ2) is 7.06. The molecule has 1 amide bonds. The van der Waals surface area contributed by atoms with Crippen LogP contribution >= 0.6 is 11.3 Å². The van der Waals surface area contributed by atoms with E-state index in [1.165, 1.54) is 11.3 Å². The zero-order chi connectivity index (χ0) is 19.8.